The lowest BCUT2D eigenvalue weighted by Crippen LogP contribution is -2.30. The van der Waals surface area contributed by atoms with Crippen molar-refractivity contribution in [3.05, 3.63) is 94.1 Å². The molecule has 1 fully saturated rings. The zero-order valence-corrected chi connectivity index (χ0v) is 19.3. The summed E-state index contributed by atoms with van der Waals surface area (Å²) in [6.07, 6.45) is 0. The summed E-state index contributed by atoms with van der Waals surface area (Å²) in [5.74, 6) is -1.68. The second-order valence-electron chi connectivity index (χ2n) is 8.34. The van der Waals surface area contributed by atoms with Crippen LogP contribution < -0.4 is 5.32 Å². The van der Waals surface area contributed by atoms with Crippen LogP contribution in [-0.4, -0.2) is 46.3 Å². The Kier molecular flexibility index (Phi) is 6.77. The molecular formula is C26H24FN3O5. The summed E-state index contributed by atoms with van der Waals surface area (Å²) in [4.78, 5) is 49.9. The van der Waals surface area contributed by atoms with Crippen LogP contribution in [0.2, 0.25) is 0 Å². The predicted octanol–water partition coefficient (Wildman–Crippen LogP) is 3.38. The highest BCUT2D eigenvalue weighted by Gasteiger charge is 2.28. The minimum absolute atomic E-state index is 0.0325. The van der Waals surface area contributed by atoms with Crippen molar-refractivity contribution in [3.63, 3.8) is 0 Å². The van der Waals surface area contributed by atoms with E-state index in [2.05, 4.69) is 5.32 Å². The van der Waals surface area contributed by atoms with Gasteiger partial charge in [-0.1, -0.05) is 24.3 Å². The van der Waals surface area contributed by atoms with E-state index in [4.69, 9.17) is 4.74 Å². The molecule has 1 saturated heterocycles. The number of esters is 1. The van der Waals surface area contributed by atoms with Crippen molar-refractivity contribution in [2.24, 2.45) is 0 Å². The predicted molar refractivity (Wildman–Crippen MR) is 124 cm³/mol. The fourth-order valence-electron chi connectivity index (χ4n) is 3.99. The van der Waals surface area contributed by atoms with Crippen molar-refractivity contribution in [1.29, 1.82) is 0 Å². The molecule has 9 heteroatoms. The van der Waals surface area contributed by atoms with Crippen molar-refractivity contribution in [3.8, 4) is 0 Å². The number of hydrogen-bond donors (Lipinski definition) is 1. The van der Waals surface area contributed by atoms with Crippen molar-refractivity contribution in [2.45, 2.75) is 26.9 Å². The number of ether oxygens (including phenoxy) is 1. The van der Waals surface area contributed by atoms with Gasteiger partial charge >= 0.3 is 12.0 Å². The second-order valence-corrected chi connectivity index (χ2v) is 8.34. The van der Waals surface area contributed by atoms with Gasteiger partial charge in [0.15, 0.2) is 6.61 Å². The maximum atomic E-state index is 13.2. The normalized spacial score (nSPS) is 13.2. The lowest BCUT2D eigenvalue weighted by molar-refractivity contribution is -0.125. The number of aryl methyl sites for hydroxylation is 1. The number of halogens is 1. The molecule has 180 valence electrons. The van der Waals surface area contributed by atoms with Crippen molar-refractivity contribution in [2.75, 3.05) is 13.2 Å². The van der Waals surface area contributed by atoms with Gasteiger partial charge in [0.2, 0.25) is 11.7 Å². The van der Waals surface area contributed by atoms with Gasteiger partial charge in [-0.15, -0.1) is 0 Å². The molecule has 1 aliphatic rings. The second kappa shape index (κ2) is 9.92. The van der Waals surface area contributed by atoms with Gasteiger partial charge in [-0.05, 0) is 55.3 Å². The van der Waals surface area contributed by atoms with Gasteiger partial charge < -0.3 is 14.6 Å². The Hall–Kier alpha value is -4.27. The smallest absolute Gasteiger partial charge is 0.338 e. The van der Waals surface area contributed by atoms with E-state index in [0.717, 1.165) is 21.9 Å². The molecule has 1 aliphatic heterocycles. The SMILES string of the molecule is Cc1cc(C(=O)COC(=O)c2cccc(CN3C(=O)CNC3=O)c2)c(C)n1Cc1ccc(F)cc1. The summed E-state index contributed by atoms with van der Waals surface area (Å²) in [6, 6.07) is 13.8. The van der Waals surface area contributed by atoms with E-state index in [1.54, 1.807) is 30.3 Å². The third-order valence-corrected chi connectivity index (χ3v) is 5.90. The third-order valence-electron chi connectivity index (χ3n) is 5.90. The number of urea groups is 1. The Bertz CT molecular complexity index is 1300. The number of amides is 3. The van der Waals surface area contributed by atoms with Crippen LogP contribution in [-0.2, 0) is 22.6 Å². The number of carbonyl (C=O) groups is 4. The van der Waals surface area contributed by atoms with Gasteiger partial charge in [0.25, 0.3) is 0 Å². The van der Waals surface area contributed by atoms with Crippen LogP contribution in [0.4, 0.5) is 9.18 Å². The zero-order valence-electron chi connectivity index (χ0n) is 19.3. The number of hydrogen-bond acceptors (Lipinski definition) is 5. The summed E-state index contributed by atoms with van der Waals surface area (Å²) in [7, 11) is 0. The van der Waals surface area contributed by atoms with E-state index in [1.807, 2.05) is 18.4 Å². The zero-order chi connectivity index (χ0) is 25.1. The highest BCUT2D eigenvalue weighted by molar-refractivity contribution is 6.02. The Morgan fingerprint density at radius 3 is 2.43 bits per heavy atom. The van der Waals surface area contributed by atoms with E-state index in [0.29, 0.717) is 17.7 Å². The van der Waals surface area contributed by atoms with E-state index >= 15 is 0 Å². The summed E-state index contributed by atoms with van der Waals surface area (Å²) < 4.78 is 20.4. The Morgan fingerprint density at radius 1 is 1.00 bits per heavy atom. The number of Topliss-reactive ketones (excluding diaryl/α,β-unsaturated/α-hetero) is 1. The quantitative estimate of drug-likeness (QED) is 0.305. The fourth-order valence-corrected chi connectivity index (χ4v) is 3.99. The number of benzene rings is 2. The molecule has 0 aliphatic carbocycles. The van der Waals surface area contributed by atoms with E-state index in [-0.39, 0.29) is 36.2 Å². The van der Waals surface area contributed by atoms with Gasteiger partial charge in [-0.2, -0.15) is 0 Å². The monoisotopic (exact) mass is 477 g/mol. The van der Waals surface area contributed by atoms with Gasteiger partial charge in [-0.3, -0.25) is 14.5 Å². The minimum Gasteiger partial charge on any atom is -0.454 e. The Balaban J connectivity index is 1.40. The molecule has 3 amide bonds. The molecule has 0 saturated carbocycles. The van der Waals surface area contributed by atoms with Crippen molar-refractivity contribution < 1.29 is 28.3 Å². The van der Waals surface area contributed by atoms with Crippen LogP contribution in [0.15, 0.2) is 54.6 Å². The first-order valence-electron chi connectivity index (χ1n) is 11.0. The van der Waals surface area contributed by atoms with Crippen LogP contribution in [0.5, 0.6) is 0 Å². The number of aromatic nitrogens is 1. The first-order chi connectivity index (χ1) is 16.7. The third kappa shape index (κ3) is 5.29. The first-order valence-corrected chi connectivity index (χ1v) is 11.0. The molecule has 1 N–H and O–H groups in total. The van der Waals surface area contributed by atoms with Crippen LogP contribution in [0.3, 0.4) is 0 Å². The fraction of sp³-hybridized carbons (Fsp3) is 0.231. The topological polar surface area (TPSA) is 97.7 Å². The number of nitrogens with one attached hydrogen (secondary N) is 1. The molecule has 2 aromatic carbocycles. The lowest BCUT2D eigenvalue weighted by Gasteiger charge is -2.13. The van der Waals surface area contributed by atoms with Crippen LogP contribution >= 0.6 is 0 Å². The van der Waals surface area contributed by atoms with E-state index in [9.17, 15) is 23.6 Å². The standard InChI is InChI=1S/C26H24FN3O5/c1-16-10-22(17(2)29(16)13-18-6-8-21(27)9-7-18)23(31)15-35-25(33)20-5-3-4-19(11-20)14-30-24(32)12-28-26(30)34/h3-11H,12-15H2,1-2H3,(H,28,34). The van der Waals surface area contributed by atoms with Gasteiger partial charge in [-0.25, -0.2) is 14.0 Å². The molecule has 0 bridgehead atoms. The maximum absolute atomic E-state index is 13.2. The number of nitrogens with zero attached hydrogens (tertiary/aromatic N) is 2. The Labute approximate surface area is 201 Å². The molecule has 8 nitrogen and oxygen atoms in total. The van der Waals surface area contributed by atoms with Crippen LogP contribution in [0, 0.1) is 19.7 Å². The van der Waals surface area contributed by atoms with Gasteiger partial charge in [0, 0.05) is 23.5 Å². The van der Waals surface area contributed by atoms with E-state index < -0.39 is 18.6 Å². The minimum atomic E-state index is -0.683. The molecule has 0 spiro atoms. The number of carbonyl (C=O) groups excluding carboxylic acids is 4. The lowest BCUT2D eigenvalue weighted by atomic mass is 10.1. The van der Waals surface area contributed by atoms with Crippen LogP contribution in [0.25, 0.3) is 0 Å². The van der Waals surface area contributed by atoms with Crippen LogP contribution in [0.1, 0.15) is 43.2 Å². The van der Waals surface area contributed by atoms with Gasteiger partial charge in [0.1, 0.15) is 5.82 Å². The first kappa shape index (κ1) is 23.9. The van der Waals surface area contributed by atoms with Gasteiger partial charge in [0.05, 0.1) is 18.7 Å². The molecule has 0 atom stereocenters. The molecular weight excluding hydrogens is 453 g/mol. The van der Waals surface area contributed by atoms with Crippen molar-refractivity contribution >= 4 is 23.7 Å². The summed E-state index contributed by atoms with van der Waals surface area (Å²) in [5, 5.41) is 2.44. The summed E-state index contributed by atoms with van der Waals surface area (Å²) in [5.41, 5.74) is 3.72. The molecule has 0 radical (unpaired) electrons. The molecule has 4 rings (SSSR count). The highest BCUT2D eigenvalue weighted by atomic mass is 19.1. The highest BCUT2D eigenvalue weighted by Crippen LogP contribution is 2.19. The number of imide groups is 1. The average Bonchev–Trinajstić information content (AvgIpc) is 3.31. The van der Waals surface area contributed by atoms with Crippen molar-refractivity contribution in [1.82, 2.24) is 14.8 Å². The molecule has 2 heterocycles. The Morgan fingerprint density at radius 2 is 1.74 bits per heavy atom. The number of ketones is 1. The molecule has 0 unspecified atom stereocenters. The van der Waals surface area contributed by atoms with E-state index in [1.165, 1.54) is 24.3 Å². The largest absolute Gasteiger partial charge is 0.454 e. The summed E-state index contributed by atoms with van der Waals surface area (Å²) >= 11 is 0. The summed E-state index contributed by atoms with van der Waals surface area (Å²) in [6.45, 7) is 3.71. The average molecular weight is 477 g/mol. The molecule has 35 heavy (non-hydrogen) atoms. The molecule has 1 aromatic heterocycles. The maximum Gasteiger partial charge on any atom is 0.338 e. The number of rotatable bonds is 8. The molecule has 3 aromatic rings.